The van der Waals surface area contributed by atoms with Gasteiger partial charge in [-0.3, -0.25) is 4.90 Å². The van der Waals surface area contributed by atoms with E-state index in [-0.39, 0.29) is 16.8 Å². The number of nitrogens with zero attached hydrogens (tertiary/aromatic N) is 1. The van der Waals surface area contributed by atoms with E-state index < -0.39 is 10.0 Å². The molecular weight excluding hydrogens is 224 g/mol. The number of hydrogen-bond acceptors (Lipinski definition) is 3. The van der Waals surface area contributed by atoms with E-state index in [1.54, 1.807) is 0 Å². The van der Waals surface area contributed by atoms with Crippen molar-refractivity contribution in [2.24, 2.45) is 0 Å². The van der Waals surface area contributed by atoms with Gasteiger partial charge >= 0.3 is 0 Å². The normalized spacial score (nSPS) is 28.6. The molecular formula is C11H22N2O2S. The Morgan fingerprint density at radius 3 is 2.25 bits per heavy atom. The molecule has 0 spiro atoms. The van der Waals surface area contributed by atoms with Gasteiger partial charge in [0.1, 0.15) is 0 Å². The smallest absolute Gasteiger partial charge is 0.214 e. The molecule has 0 aromatic rings. The predicted octanol–water partition coefficient (Wildman–Crippen LogP) is 0.941. The van der Waals surface area contributed by atoms with Crippen LogP contribution in [0.2, 0.25) is 0 Å². The highest BCUT2D eigenvalue weighted by atomic mass is 32.2. The Hall–Kier alpha value is -0.130. The quantitative estimate of drug-likeness (QED) is 0.806. The molecule has 1 saturated carbocycles. The van der Waals surface area contributed by atoms with Crippen molar-refractivity contribution in [2.45, 2.75) is 56.9 Å². The third kappa shape index (κ3) is 2.76. The number of hydrogen-bond donors (Lipinski definition) is 1. The van der Waals surface area contributed by atoms with Crippen LogP contribution < -0.4 is 4.72 Å². The molecule has 1 atom stereocenters. The van der Waals surface area contributed by atoms with Gasteiger partial charge in [0.2, 0.25) is 10.0 Å². The molecule has 0 aromatic carbocycles. The second-order valence-corrected chi connectivity index (χ2v) is 7.96. The van der Waals surface area contributed by atoms with Crippen molar-refractivity contribution in [3.63, 3.8) is 0 Å². The number of likely N-dealkylation sites (tertiary alicyclic amines) is 1. The maximum Gasteiger partial charge on any atom is 0.214 e. The van der Waals surface area contributed by atoms with Gasteiger partial charge in [0.25, 0.3) is 0 Å². The standard InChI is InChI=1S/C11H22N2O2S/c1-11(2,3)13-7-6-9(8-13)12-16(14,15)10-4-5-10/h9-10,12H,4-8H2,1-3H3/t9-/m1/s1. The summed E-state index contributed by atoms with van der Waals surface area (Å²) >= 11 is 0. The van der Waals surface area contributed by atoms with Gasteiger partial charge in [0, 0.05) is 24.7 Å². The van der Waals surface area contributed by atoms with Crippen LogP contribution in [0.1, 0.15) is 40.0 Å². The van der Waals surface area contributed by atoms with Crippen molar-refractivity contribution >= 4 is 10.0 Å². The van der Waals surface area contributed by atoms with Crippen molar-refractivity contribution in [1.82, 2.24) is 9.62 Å². The topological polar surface area (TPSA) is 49.4 Å². The largest absolute Gasteiger partial charge is 0.297 e. The molecule has 1 aliphatic heterocycles. The molecule has 1 aliphatic carbocycles. The second kappa shape index (κ2) is 3.96. The summed E-state index contributed by atoms with van der Waals surface area (Å²) in [5, 5.41) is -0.101. The van der Waals surface area contributed by atoms with Crippen molar-refractivity contribution in [2.75, 3.05) is 13.1 Å². The molecule has 1 N–H and O–H groups in total. The van der Waals surface area contributed by atoms with Gasteiger partial charge in [0.05, 0.1) is 5.25 Å². The maximum atomic E-state index is 11.8. The van der Waals surface area contributed by atoms with Gasteiger partial charge in [-0.2, -0.15) is 0 Å². The molecule has 2 aliphatic rings. The van der Waals surface area contributed by atoms with E-state index >= 15 is 0 Å². The highest BCUT2D eigenvalue weighted by molar-refractivity contribution is 7.90. The summed E-state index contributed by atoms with van der Waals surface area (Å²) in [6.07, 6.45) is 2.61. The Kier molecular flexibility index (Phi) is 3.05. The zero-order valence-corrected chi connectivity index (χ0v) is 11.2. The van der Waals surface area contributed by atoms with Crippen molar-refractivity contribution in [3.8, 4) is 0 Å². The minimum absolute atomic E-state index is 0.101. The van der Waals surface area contributed by atoms with E-state index in [1.807, 2.05) is 0 Å². The monoisotopic (exact) mass is 246 g/mol. The Labute approximate surface area is 98.4 Å². The molecule has 5 heteroatoms. The molecule has 16 heavy (non-hydrogen) atoms. The minimum Gasteiger partial charge on any atom is -0.297 e. The number of sulfonamides is 1. The lowest BCUT2D eigenvalue weighted by Crippen LogP contribution is -2.43. The molecule has 0 radical (unpaired) electrons. The molecule has 0 aromatic heterocycles. The van der Waals surface area contributed by atoms with E-state index in [1.165, 1.54) is 0 Å². The average Bonchev–Trinajstić information content (AvgIpc) is 2.87. The first kappa shape index (κ1) is 12.3. The molecule has 2 fully saturated rings. The van der Waals surface area contributed by atoms with E-state index in [2.05, 4.69) is 30.4 Å². The fourth-order valence-electron chi connectivity index (χ4n) is 2.17. The van der Waals surface area contributed by atoms with Crippen LogP contribution in [0, 0.1) is 0 Å². The summed E-state index contributed by atoms with van der Waals surface area (Å²) in [6.45, 7) is 8.34. The molecule has 94 valence electrons. The first-order valence-electron chi connectivity index (χ1n) is 6.05. The minimum atomic E-state index is -3.02. The van der Waals surface area contributed by atoms with E-state index in [0.29, 0.717) is 0 Å². The van der Waals surface area contributed by atoms with Crippen LogP contribution in [0.15, 0.2) is 0 Å². The van der Waals surface area contributed by atoms with Crippen LogP contribution >= 0.6 is 0 Å². The second-order valence-electron chi connectivity index (χ2n) is 5.96. The van der Waals surface area contributed by atoms with Crippen LogP contribution in [0.5, 0.6) is 0 Å². The lowest BCUT2D eigenvalue weighted by Gasteiger charge is -2.31. The SMILES string of the molecule is CC(C)(C)N1CC[C@@H](NS(=O)(=O)C2CC2)C1. The molecule has 4 nitrogen and oxygen atoms in total. The van der Waals surface area contributed by atoms with Crippen LogP contribution in [0.25, 0.3) is 0 Å². The summed E-state index contributed by atoms with van der Waals surface area (Å²) < 4.78 is 26.4. The van der Waals surface area contributed by atoms with E-state index in [0.717, 1.165) is 32.4 Å². The van der Waals surface area contributed by atoms with Crippen molar-refractivity contribution in [3.05, 3.63) is 0 Å². The lowest BCUT2D eigenvalue weighted by molar-refractivity contribution is 0.172. The fourth-order valence-corrected chi connectivity index (χ4v) is 3.78. The lowest BCUT2D eigenvalue weighted by atomic mass is 10.1. The molecule has 0 bridgehead atoms. The Bertz CT molecular complexity index is 355. The molecule has 1 heterocycles. The highest BCUT2D eigenvalue weighted by Crippen LogP contribution is 2.29. The van der Waals surface area contributed by atoms with Crippen LogP contribution in [0.4, 0.5) is 0 Å². The Balaban J connectivity index is 1.90. The number of rotatable bonds is 3. The van der Waals surface area contributed by atoms with E-state index in [4.69, 9.17) is 0 Å². The summed E-state index contributed by atoms with van der Waals surface area (Å²) in [5.74, 6) is 0. The summed E-state index contributed by atoms with van der Waals surface area (Å²) in [6, 6.07) is 0.116. The van der Waals surface area contributed by atoms with Gasteiger partial charge in [0.15, 0.2) is 0 Å². The summed E-state index contributed by atoms with van der Waals surface area (Å²) in [7, 11) is -3.02. The van der Waals surface area contributed by atoms with Crippen LogP contribution in [-0.4, -0.2) is 43.2 Å². The maximum absolute atomic E-state index is 11.8. The van der Waals surface area contributed by atoms with Gasteiger partial charge in [-0.1, -0.05) is 0 Å². The zero-order valence-electron chi connectivity index (χ0n) is 10.4. The third-order valence-corrected chi connectivity index (χ3v) is 5.44. The molecule has 0 unspecified atom stereocenters. The van der Waals surface area contributed by atoms with Crippen LogP contribution in [0.3, 0.4) is 0 Å². The van der Waals surface area contributed by atoms with Crippen LogP contribution in [-0.2, 0) is 10.0 Å². The Morgan fingerprint density at radius 2 is 1.81 bits per heavy atom. The highest BCUT2D eigenvalue weighted by Gasteiger charge is 2.39. The van der Waals surface area contributed by atoms with Gasteiger partial charge in [-0.05, 0) is 40.0 Å². The average molecular weight is 246 g/mol. The summed E-state index contributed by atoms with van der Waals surface area (Å²) in [4.78, 5) is 2.34. The zero-order chi connectivity index (χ0) is 12.0. The molecule has 0 amide bonds. The molecule has 2 rings (SSSR count). The number of nitrogens with one attached hydrogen (secondary N) is 1. The first-order chi connectivity index (χ1) is 7.29. The van der Waals surface area contributed by atoms with Gasteiger partial charge in [-0.15, -0.1) is 0 Å². The van der Waals surface area contributed by atoms with Crippen molar-refractivity contribution in [1.29, 1.82) is 0 Å². The third-order valence-electron chi connectivity index (χ3n) is 3.43. The Morgan fingerprint density at radius 1 is 1.19 bits per heavy atom. The van der Waals surface area contributed by atoms with E-state index in [9.17, 15) is 8.42 Å². The fraction of sp³-hybridized carbons (Fsp3) is 1.00. The van der Waals surface area contributed by atoms with Crippen molar-refractivity contribution < 1.29 is 8.42 Å². The van der Waals surface area contributed by atoms with Gasteiger partial charge in [-0.25, -0.2) is 13.1 Å². The first-order valence-corrected chi connectivity index (χ1v) is 7.60. The summed E-state index contributed by atoms with van der Waals surface area (Å²) in [5.41, 5.74) is 0.139. The van der Waals surface area contributed by atoms with Gasteiger partial charge < -0.3 is 0 Å². The predicted molar refractivity (Wildman–Crippen MR) is 64.8 cm³/mol. The molecule has 1 saturated heterocycles.